The van der Waals surface area contributed by atoms with Crippen molar-refractivity contribution in [1.29, 1.82) is 0 Å². The Morgan fingerprint density at radius 3 is 2.86 bits per heavy atom. The van der Waals surface area contributed by atoms with Crippen molar-refractivity contribution in [1.82, 2.24) is 5.43 Å². The molecule has 0 atom stereocenters. The van der Waals surface area contributed by atoms with Gasteiger partial charge in [0.05, 0.1) is 11.9 Å². The van der Waals surface area contributed by atoms with E-state index in [1.807, 2.05) is 0 Å². The second-order valence-electron chi connectivity index (χ2n) is 1.13. The maximum atomic E-state index is 5.15. The zero-order valence-corrected chi connectivity index (χ0v) is 3.70. The molecule has 0 aromatic carbocycles. The molecule has 7 heavy (non-hydrogen) atoms. The SMILES string of the molecule is NCC1=C[N]N=N1. The second kappa shape index (κ2) is 1.70. The minimum absolute atomic E-state index is 0.424. The normalized spacial score (nSPS) is 16.4. The summed E-state index contributed by atoms with van der Waals surface area (Å²) in [6.07, 6.45) is 1.54. The number of hydrogen-bond donors (Lipinski definition) is 1. The fourth-order valence-electron chi connectivity index (χ4n) is 0.295. The van der Waals surface area contributed by atoms with E-state index < -0.39 is 0 Å². The molecule has 0 aromatic heterocycles. The third-order valence-electron chi connectivity index (χ3n) is 0.641. The van der Waals surface area contributed by atoms with Crippen LogP contribution in [0, 0.1) is 0 Å². The summed E-state index contributed by atoms with van der Waals surface area (Å²) < 4.78 is 0. The topological polar surface area (TPSA) is 64.8 Å². The van der Waals surface area contributed by atoms with Crippen molar-refractivity contribution in [2.45, 2.75) is 0 Å². The summed E-state index contributed by atoms with van der Waals surface area (Å²) in [4.78, 5) is 0. The van der Waals surface area contributed by atoms with Crippen LogP contribution in [0.1, 0.15) is 0 Å². The van der Waals surface area contributed by atoms with E-state index in [0.717, 1.165) is 5.70 Å². The van der Waals surface area contributed by atoms with Crippen LogP contribution in [0.25, 0.3) is 0 Å². The van der Waals surface area contributed by atoms with Gasteiger partial charge < -0.3 is 5.73 Å². The van der Waals surface area contributed by atoms with Gasteiger partial charge in [-0.2, -0.15) is 0 Å². The average molecular weight is 97.1 g/mol. The number of rotatable bonds is 1. The van der Waals surface area contributed by atoms with Crippen molar-refractivity contribution >= 4 is 0 Å². The largest absolute Gasteiger partial charge is 0.325 e. The fraction of sp³-hybridized carbons (Fsp3) is 0.333. The third-order valence-corrected chi connectivity index (χ3v) is 0.641. The van der Waals surface area contributed by atoms with Crippen LogP contribution in [-0.4, -0.2) is 6.54 Å². The summed E-state index contributed by atoms with van der Waals surface area (Å²) in [7, 11) is 0. The van der Waals surface area contributed by atoms with Crippen molar-refractivity contribution in [2.75, 3.05) is 6.54 Å². The first kappa shape index (κ1) is 4.26. The molecule has 0 amide bonds. The maximum Gasteiger partial charge on any atom is 0.0985 e. The smallest absolute Gasteiger partial charge is 0.0985 e. The summed E-state index contributed by atoms with van der Waals surface area (Å²) in [5.41, 5.74) is 9.34. The lowest BCUT2D eigenvalue weighted by atomic mass is 10.5. The predicted octanol–water partition coefficient (Wildman–Crippen LogP) is -0.228. The van der Waals surface area contributed by atoms with Gasteiger partial charge in [-0.1, -0.05) is 0 Å². The highest BCUT2D eigenvalue weighted by Gasteiger charge is 1.94. The van der Waals surface area contributed by atoms with E-state index in [2.05, 4.69) is 15.8 Å². The lowest BCUT2D eigenvalue weighted by Crippen LogP contribution is -1.98. The minimum Gasteiger partial charge on any atom is -0.325 e. The molecule has 0 fully saturated rings. The van der Waals surface area contributed by atoms with E-state index in [-0.39, 0.29) is 0 Å². The highest BCUT2D eigenvalue weighted by Crippen LogP contribution is 1.98. The van der Waals surface area contributed by atoms with Crippen LogP contribution in [-0.2, 0) is 0 Å². The third kappa shape index (κ3) is 0.747. The summed E-state index contributed by atoms with van der Waals surface area (Å²) in [5, 5.41) is 6.86. The van der Waals surface area contributed by atoms with E-state index in [9.17, 15) is 0 Å². The molecular weight excluding hydrogens is 92.1 g/mol. The maximum absolute atomic E-state index is 5.15. The average Bonchev–Trinajstić information content (AvgIpc) is 2.14. The van der Waals surface area contributed by atoms with Crippen molar-refractivity contribution in [3.05, 3.63) is 11.9 Å². The van der Waals surface area contributed by atoms with Crippen molar-refractivity contribution < 1.29 is 0 Å². The Bertz CT molecular complexity index is 114. The molecule has 4 nitrogen and oxygen atoms in total. The van der Waals surface area contributed by atoms with Gasteiger partial charge in [0.25, 0.3) is 0 Å². The van der Waals surface area contributed by atoms with Crippen LogP contribution in [0.3, 0.4) is 0 Å². The Morgan fingerprint density at radius 2 is 2.57 bits per heavy atom. The molecule has 1 aliphatic rings. The summed E-state index contributed by atoms with van der Waals surface area (Å²) in [6.45, 7) is 0.424. The van der Waals surface area contributed by atoms with Gasteiger partial charge in [-0.05, 0) is 5.22 Å². The first-order valence-electron chi connectivity index (χ1n) is 1.93. The standard InChI is InChI=1S/C3H5N4/c4-1-3-2-5-7-6-3/h2H,1,4H2. The van der Waals surface area contributed by atoms with Gasteiger partial charge in [0, 0.05) is 6.54 Å². The van der Waals surface area contributed by atoms with E-state index in [0.29, 0.717) is 6.54 Å². The quantitative estimate of drug-likeness (QED) is 0.482. The van der Waals surface area contributed by atoms with Crippen LogP contribution < -0.4 is 11.2 Å². The highest BCUT2D eigenvalue weighted by molar-refractivity contribution is 5.00. The van der Waals surface area contributed by atoms with Crippen LogP contribution >= 0.6 is 0 Å². The van der Waals surface area contributed by atoms with Crippen LogP contribution in [0.4, 0.5) is 0 Å². The van der Waals surface area contributed by atoms with Crippen molar-refractivity contribution in [3.8, 4) is 0 Å². The Kier molecular flexibility index (Phi) is 1.04. The molecule has 0 aliphatic carbocycles. The van der Waals surface area contributed by atoms with E-state index >= 15 is 0 Å². The summed E-state index contributed by atoms with van der Waals surface area (Å²) >= 11 is 0. The monoisotopic (exact) mass is 97.1 g/mol. The zero-order valence-electron chi connectivity index (χ0n) is 3.70. The molecule has 1 radical (unpaired) electrons. The van der Waals surface area contributed by atoms with Crippen LogP contribution in [0.2, 0.25) is 0 Å². The molecule has 1 rings (SSSR count). The Balaban J connectivity index is 2.52. The fourth-order valence-corrected chi connectivity index (χ4v) is 0.295. The van der Waals surface area contributed by atoms with Gasteiger partial charge in [-0.25, -0.2) is 0 Å². The van der Waals surface area contributed by atoms with Gasteiger partial charge in [-0.15, -0.1) is 10.5 Å². The molecule has 0 aromatic rings. The molecule has 1 aliphatic heterocycles. The first-order chi connectivity index (χ1) is 3.43. The van der Waals surface area contributed by atoms with Crippen LogP contribution in [0.5, 0.6) is 0 Å². The zero-order chi connectivity index (χ0) is 5.11. The van der Waals surface area contributed by atoms with E-state index in [1.54, 1.807) is 6.20 Å². The Hall–Kier alpha value is -0.900. The number of nitrogens with zero attached hydrogens (tertiary/aromatic N) is 3. The van der Waals surface area contributed by atoms with Gasteiger partial charge in [-0.3, -0.25) is 0 Å². The Morgan fingerprint density at radius 1 is 1.71 bits per heavy atom. The van der Waals surface area contributed by atoms with Crippen molar-refractivity contribution in [3.63, 3.8) is 0 Å². The van der Waals surface area contributed by atoms with E-state index in [1.165, 1.54) is 0 Å². The minimum atomic E-state index is 0.424. The second-order valence-corrected chi connectivity index (χ2v) is 1.13. The lowest BCUT2D eigenvalue weighted by Gasteiger charge is -1.79. The first-order valence-corrected chi connectivity index (χ1v) is 1.93. The van der Waals surface area contributed by atoms with Crippen LogP contribution in [0.15, 0.2) is 22.2 Å². The molecule has 0 bridgehead atoms. The molecule has 37 valence electrons. The molecule has 1 heterocycles. The molecular formula is C3H5N4. The van der Waals surface area contributed by atoms with Gasteiger partial charge in [0.1, 0.15) is 0 Å². The Labute approximate surface area is 41.1 Å². The molecule has 0 saturated carbocycles. The molecule has 0 spiro atoms. The molecule has 2 N–H and O–H groups in total. The van der Waals surface area contributed by atoms with Gasteiger partial charge in [0.15, 0.2) is 0 Å². The predicted molar refractivity (Wildman–Crippen MR) is 24.1 cm³/mol. The lowest BCUT2D eigenvalue weighted by molar-refractivity contribution is 0.900. The number of hydrogen-bond acceptors (Lipinski definition) is 3. The van der Waals surface area contributed by atoms with Gasteiger partial charge in [0.2, 0.25) is 0 Å². The van der Waals surface area contributed by atoms with Gasteiger partial charge >= 0.3 is 0 Å². The summed E-state index contributed by atoms with van der Waals surface area (Å²) in [6, 6.07) is 0. The highest BCUT2D eigenvalue weighted by atomic mass is 15.4. The summed E-state index contributed by atoms with van der Waals surface area (Å²) in [5.74, 6) is 0. The van der Waals surface area contributed by atoms with Crippen molar-refractivity contribution in [2.24, 2.45) is 16.1 Å². The molecule has 0 unspecified atom stereocenters. The number of nitrogens with two attached hydrogens (primary N) is 1. The molecule has 0 saturated heterocycles. The molecule has 4 heteroatoms. The van der Waals surface area contributed by atoms with E-state index in [4.69, 9.17) is 5.73 Å².